The third kappa shape index (κ3) is 3.07. The summed E-state index contributed by atoms with van der Waals surface area (Å²) in [4.78, 5) is 15.0. The van der Waals surface area contributed by atoms with Crippen molar-refractivity contribution in [2.24, 2.45) is 0 Å². The summed E-state index contributed by atoms with van der Waals surface area (Å²) in [6, 6.07) is 8.01. The van der Waals surface area contributed by atoms with E-state index in [0.717, 1.165) is 6.07 Å². The normalized spacial score (nSPS) is 11.6. The van der Waals surface area contributed by atoms with Gasteiger partial charge in [0, 0.05) is 5.56 Å². The van der Waals surface area contributed by atoms with Gasteiger partial charge >= 0.3 is 12.3 Å². The van der Waals surface area contributed by atoms with E-state index in [9.17, 15) is 18.0 Å². The molecule has 9 heteroatoms. The van der Waals surface area contributed by atoms with Gasteiger partial charge < -0.3 is 9.84 Å². The molecule has 2 aromatic heterocycles. The zero-order valence-corrected chi connectivity index (χ0v) is 11.3. The number of aromatic nitrogens is 3. The number of halogens is 3. The second-order valence-corrected chi connectivity index (χ2v) is 4.51. The molecule has 3 rings (SSSR count). The Balaban J connectivity index is 2.08. The van der Waals surface area contributed by atoms with E-state index in [-0.39, 0.29) is 11.4 Å². The van der Waals surface area contributed by atoms with Crippen molar-refractivity contribution >= 4 is 11.6 Å². The van der Waals surface area contributed by atoms with Gasteiger partial charge in [0.15, 0.2) is 11.3 Å². The molecule has 3 aromatic rings. The van der Waals surface area contributed by atoms with Gasteiger partial charge in [0.2, 0.25) is 0 Å². The van der Waals surface area contributed by atoms with Crippen LogP contribution >= 0.6 is 0 Å². The predicted molar refractivity (Wildman–Crippen MR) is 72.1 cm³/mol. The van der Waals surface area contributed by atoms with Crippen molar-refractivity contribution in [3.05, 3.63) is 48.3 Å². The van der Waals surface area contributed by atoms with E-state index >= 15 is 0 Å². The number of hydrogen-bond donors (Lipinski definition) is 1. The van der Waals surface area contributed by atoms with Gasteiger partial charge in [0.05, 0.1) is 11.9 Å². The van der Waals surface area contributed by atoms with Crippen LogP contribution in [0, 0.1) is 0 Å². The fourth-order valence-electron chi connectivity index (χ4n) is 2.04. The summed E-state index contributed by atoms with van der Waals surface area (Å²) in [5.74, 6) is -1.61. The summed E-state index contributed by atoms with van der Waals surface area (Å²) < 4.78 is 42.0. The van der Waals surface area contributed by atoms with E-state index in [2.05, 4.69) is 14.8 Å². The second kappa shape index (κ2) is 5.27. The van der Waals surface area contributed by atoms with Crippen molar-refractivity contribution in [3.63, 3.8) is 0 Å². The lowest BCUT2D eigenvalue weighted by Crippen LogP contribution is -2.17. The molecule has 6 nitrogen and oxygen atoms in total. The van der Waals surface area contributed by atoms with Crippen LogP contribution in [0.15, 0.2) is 42.6 Å². The molecule has 2 heterocycles. The molecule has 0 aliphatic carbocycles. The molecule has 0 atom stereocenters. The maximum Gasteiger partial charge on any atom is 0.573 e. The molecule has 0 aliphatic rings. The summed E-state index contributed by atoms with van der Waals surface area (Å²) in [6.45, 7) is 0. The first-order valence-corrected chi connectivity index (χ1v) is 6.28. The number of nitrogens with zero attached hydrogens (tertiary/aromatic N) is 3. The van der Waals surface area contributed by atoms with Crippen LogP contribution in [-0.2, 0) is 0 Å². The largest absolute Gasteiger partial charge is 0.573 e. The maximum atomic E-state index is 12.3. The molecule has 1 aromatic carbocycles. The molecule has 0 radical (unpaired) electrons. The molecule has 0 bridgehead atoms. The van der Waals surface area contributed by atoms with E-state index in [4.69, 9.17) is 5.11 Å². The number of rotatable bonds is 3. The maximum absolute atomic E-state index is 12.3. The van der Waals surface area contributed by atoms with Gasteiger partial charge in [-0.2, -0.15) is 5.10 Å². The van der Waals surface area contributed by atoms with Crippen molar-refractivity contribution in [1.29, 1.82) is 0 Å². The lowest BCUT2D eigenvalue weighted by Gasteiger charge is -2.09. The Bertz CT molecular complexity index is 890. The number of alkyl halides is 3. The van der Waals surface area contributed by atoms with E-state index in [0.29, 0.717) is 16.9 Å². The van der Waals surface area contributed by atoms with Gasteiger partial charge in [-0.15, -0.1) is 13.2 Å². The van der Waals surface area contributed by atoms with Crippen molar-refractivity contribution in [1.82, 2.24) is 14.6 Å². The Hall–Kier alpha value is -3.10. The molecule has 118 valence electrons. The van der Waals surface area contributed by atoms with Crippen molar-refractivity contribution in [2.75, 3.05) is 0 Å². The Morgan fingerprint density at radius 3 is 2.70 bits per heavy atom. The van der Waals surface area contributed by atoms with Crippen LogP contribution < -0.4 is 4.74 Å². The van der Waals surface area contributed by atoms with E-state index < -0.39 is 12.3 Å². The molecule has 0 aliphatic heterocycles. The first-order chi connectivity index (χ1) is 10.8. The molecular formula is C14H8F3N3O3. The molecule has 0 amide bonds. The number of benzene rings is 1. The Labute approximate surface area is 126 Å². The summed E-state index contributed by atoms with van der Waals surface area (Å²) in [6.07, 6.45) is -3.41. The molecule has 0 saturated carbocycles. The van der Waals surface area contributed by atoms with Gasteiger partial charge in [0.25, 0.3) is 0 Å². The second-order valence-electron chi connectivity index (χ2n) is 4.51. The zero-order chi connectivity index (χ0) is 16.6. The molecule has 1 N–H and O–H groups in total. The van der Waals surface area contributed by atoms with Crippen molar-refractivity contribution in [3.8, 4) is 17.0 Å². The number of carboxylic acid groups (broad SMARTS) is 1. The minimum atomic E-state index is -4.80. The highest BCUT2D eigenvalue weighted by Crippen LogP contribution is 2.28. The Morgan fingerprint density at radius 1 is 1.22 bits per heavy atom. The first kappa shape index (κ1) is 14.8. The van der Waals surface area contributed by atoms with Crippen LogP contribution in [0.25, 0.3) is 16.9 Å². The highest BCUT2D eigenvalue weighted by molar-refractivity contribution is 5.85. The van der Waals surface area contributed by atoms with E-state index in [1.165, 1.54) is 35.0 Å². The number of carbonyl (C=O) groups is 1. The minimum Gasteiger partial charge on any atom is -0.476 e. The third-order valence-corrected chi connectivity index (χ3v) is 2.94. The lowest BCUT2D eigenvalue weighted by molar-refractivity contribution is -0.274. The van der Waals surface area contributed by atoms with Crippen molar-refractivity contribution in [2.45, 2.75) is 6.36 Å². The van der Waals surface area contributed by atoms with Gasteiger partial charge in [-0.25, -0.2) is 14.3 Å². The first-order valence-electron chi connectivity index (χ1n) is 6.28. The highest BCUT2D eigenvalue weighted by Gasteiger charge is 2.31. The number of fused-ring (bicyclic) bond motifs is 1. The summed E-state index contributed by atoms with van der Waals surface area (Å²) in [5.41, 5.74) is 0.858. The Morgan fingerprint density at radius 2 is 2.00 bits per heavy atom. The van der Waals surface area contributed by atoms with Crippen LogP contribution in [0.2, 0.25) is 0 Å². The van der Waals surface area contributed by atoms with Gasteiger partial charge in [-0.05, 0) is 24.3 Å². The van der Waals surface area contributed by atoms with Gasteiger partial charge in [-0.1, -0.05) is 12.1 Å². The number of aromatic carboxylic acids is 1. The average Bonchev–Trinajstić information content (AvgIpc) is 2.88. The average molecular weight is 323 g/mol. The molecular weight excluding hydrogens is 315 g/mol. The number of imidazole rings is 1. The monoisotopic (exact) mass is 323 g/mol. The van der Waals surface area contributed by atoms with Crippen LogP contribution in [0.5, 0.6) is 5.75 Å². The summed E-state index contributed by atoms with van der Waals surface area (Å²) >= 11 is 0. The predicted octanol–water partition coefficient (Wildman–Crippen LogP) is 2.99. The fraction of sp³-hybridized carbons (Fsp3) is 0.0714. The van der Waals surface area contributed by atoms with Crippen molar-refractivity contribution < 1.29 is 27.8 Å². The van der Waals surface area contributed by atoms with Crippen LogP contribution in [0.3, 0.4) is 0 Å². The number of ether oxygens (including phenoxy) is 1. The fourth-order valence-corrected chi connectivity index (χ4v) is 2.04. The molecule has 0 saturated heterocycles. The third-order valence-electron chi connectivity index (χ3n) is 2.94. The Kier molecular flexibility index (Phi) is 3.40. The standard InChI is InChI=1S/C14H8F3N3O3/c15-14(16,17)23-9-3-1-2-8(6-9)11-7-18-12-5-4-10(13(21)22)19-20(11)12/h1-7H,(H,21,22). The highest BCUT2D eigenvalue weighted by atomic mass is 19.4. The van der Waals surface area contributed by atoms with Crippen LogP contribution in [-0.4, -0.2) is 32.0 Å². The van der Waals surface area contributed by atoms with Gasteiger partial charge in [0.1, 0.15) is 5.75 Å². The lowest BCUT2D eigenvalue weighted by atomic mass is 10.1. The van der Waals surface area contributed by atoms with Crippen LogP contribution in [0.4, 0.5) is 13.2 Å². The SMILES string of the molecule is O=C(O)c1ccc2ncc(-c3cccc(OC(F)(F)F)c3)n2n1. The van der Waals surface area contributed by atoms with E-state index in [1.54, 1.807) is 6.07 Å². The summed E-state index contributed by atoms with van der Waals surface area (Å²) in [5, 5.41) is 12.9. The molecule has 0 spiro atoms. The quantitative estimate of drug-likeness (QED) is 0.802. The number of carboxylic acids is 1. The molecule has 0 unspecified atom stereocenters. The smallest absolute Gasteiger partial charge is 0.476 e. The summed E-state index contributed by atoms with van der Waals surface area (Å²) in [7, 11) is 0. The number of hydrogen-bond acceptors (Lipinski definition) is 4. The zero-order valence-electron chi connectivity index (χ0n) is 11.3. The van der Waals surface area contributed by atoms with Gasteiger partial charge in [-0.3, -0.25) is 0 Å². The molecule has 23 heavy (non-hydrogen) atoms. The topological polar surface area (TPSA) is 76.7 Å². The van der Waals surface area contributed by atoms with Crippen LogP contribution in [0.1, 0.15) is 10.5 Å². The molecule has 0 fully saturated rings. The van der Waals surface area contributed by atoms with E-state index in [1.807, 2.05) is 0 Å². The minimum absolute atomic E-state index is 0.209.